The Morgan fingerprint density at radius 2 is 0.569 bits per heavy atom. The molecule has 0 aromatic rings. The van der Waals surface area contributed by atoms with E-state index in [-0.39, 0.29) is 31.6 Å². The van der Waals surface area contributed by atoms with Gasteiger partial charge in [0.1, 0.15) is 13.2 Å². The molecule has 1 atom stereocenters. The van der Waals surface area contributed by atoms with Crippen molar-refractivity contribution in [3.05, 3.63) is 158 Å². The minimum Gasteiger partial charge on any atom is -0.462 e. The first-order chi connectivity index (χ1) is 35.5. The van der Waals surface area contributed by atoms with Crippen LogP contribution in [0, 0.1) is 0 Å². The van der Waals surface area contributed by atoms with Gasteiger partial charge in [0.15, 0.2) is 6.10 Å². The highest BCUT2D eigenvalue weighted by Crippen LogP contribution is 2.12. The van der Waals surface area contributed by atoms with E-state index in [0.29, 0.717) is 19.3 Å². The van der Waals surface area contributed by atoms with Gasteiger partial charge in [0.2, 0.25) is 0 Å². The minimum atomic E-state index is -0.837. The van der Waals surface area contributed by atoms with Gasteiger partial charge in [-0.1, -0.05) is 224 Å². The van der Waals surface area contributed by atoms with Gasteiger partial charge in [-0.2, -0.15) is 0 Å². The smallest absolute Gasteiger partial charge is 0.306 e. The third-order valence-corrected chi connectivity index (χ3v) is 11.3. The first-order valence-electron chi connectivity index (χ1n) is 28.5. The summed E-state index contributed by atoms with van der Waals surface area (Å²) < 4.78 is 16.7. The van der Waals surface area contributed by atoms with Gasteiger partial charge in [0.25, 0.3) is 0 Å². The number of ether oxygens (including phenoxy) is 3. The maximum atomic E-state index is 12.8. The summed E-state index contributed by atoms with van der Waals surface area (Å²) in [6.07, 6.45) is 85.4. The Morgan fingerprint density at radius 1 is 0.292 bits per heavy atom. The second-order valence-corrected chi connectivity index (χ2v) is 18.1. The van der Waals surface area contributed by atoms with Gasteiger partial charge < -0.3 is 14.2 Å². The molecule has 0 amide bonds. The Kier molecular flexibility index (Phi) is 54.6. The lowest BCUT2D eigenvalue weighted by Gasteiger charge is -2.18. The van der Waals surface area contributed by atoms with Crippen molar-refractivity contribution in [2.75, 3.05) is 13.2 Å². The van der Waals surface area contributed by atoms with Gasteiger partial charge in [-0.05, 0) is 135 Å². The quantitative estimate of drug-likeness (QED) is 0.0262. The topological polar surface area (TPSA) is 78.9 Å². The fourth-order valence-corrected chi connectivity index (χ4v) is 7.05. The minimum absolute atomic E-state index is 0.126. The normalized spacial score (nSPS) is 13.3. The Labute approximate surface area is 441 Å². The van der Waals surface area contributed by atoms with E-state index in [4.69, 9.17) is 14.2 Å². The van der Waals surface area contributed by atoms with Gasteiger partial charge >= 0.3 is 17.9 Å². The van der Waals surface area contributed by atoms with Gasteiger partial charge in [0, 0.05) is 19.3 Å². The molecule has 0 aliphatic rings. The molecule has 6 heteroatoms. The summed E-state index contributed by atoms with van der Waals surface area (Å²) in [5.74, 6) is -1.05. The van der Waals surface area contributed by atoms with Crippen molar-refractivity contribution in [3.8, 4) is 0 Å². The van der Waals surface area contributed by atoms with E-state index in [2.05, 4.69) is 167 Å². The molecular weight excluding hydrogens is 889 g/mol. The highest BCUT2D eigenvalue weighted by atomic mass is 16.6. The number of carbonyl (C=O) groups is 3. The van der Waals surface area contributed by atoms with Gasteiger partial charge in [-0.15, -0.1) is 0 Å². The largest absolute Gasteiger partial charge is 0.462 e. The molecule has 0 aromatic carbocycles. The summed E-state index contributed by atoms with van der Waals surface area (Å²) in [6, 6.07) is 0. The van der Waals surface area contributed by atoms with Gasteiger partial charge in [-0.25, -0.2) is 0 Å². The van der Waals surface area contributed by atoms with E-state index >= 15 is 0 Å². The lowest BCUT2D eigenvalue weighted by atomic mass is 10.1. The Hall–Kier alpha value is -4.97. The van der Waals surface area contributed by atoms with Crippen LogP contribution in [-0.2, 0) is 28.6 Å². The van der Waals surface area contributed by atoms with Crippen LogP contribution in [0.25, 0.3) is 0 Å². The van der Waals surface area contributed by atoms with Crippen molar-refractivity contribution in [2.45, 2.75) is 226 Å². The van der Waals surface area contributed by atoms with Crippen LogP contribution in [0.5, 0.6) is 0 Å². The molecule has 0 bridgehead atoms. The van der Waals surface area contributed by atoms with Gasteiger partial charge in [0.05, 0.1) is 0 Å². The number of unbranched alkanes of at least 4 members (excludes halogenated alkanes) is 12. The Bertz CT molecular complexity index is 1660. The maximum absolute atomic E-state index is 12.8. The monoisotopic (exact) mass is 991 g/mol. The molecule has 72 heavy (non-hydrogen) atoms. The molecule has 0 heterocycles. The molecule has 0 rings (SSSR count). The molecular formula is C66H102O6. The summed E-state index contributed by atoms with van der Waals surface area (Å²) in [5.41, 5.74) is 0. The number of rotatable bonds is 49. The number of carbonyl (C=O) groups excluding carboxylic acids is 3. The van der Waals surface area contributed by atoms with E-state index in [0.717, 1.165) is 141 Å². The summed E-state index contributed by atoms with van der Waals surface area (Å²) >= 11 is 0. The highest BCUT2D eigenvalue weighted by Gasteiger charge is 2.19. The Morgan fingerprint density at radius 3 is 0.917 bits per heavy atom. The summed E-state index contributed by atoms with van der Waals surface area (Å²) in [4.78, 5) is 38.0. The van der Waals surface area contributed by atoms with E-state index in [1.165, 1.54) is 32.1 Å². The Balaban J connectivity index is 4.42. The fraction of sp³-hybridized carbons (Fsp3) is 0.561. The van der Waals surface area contributed by atoms with Crippen molar-refractivity contribution in [2.24, 2.45) is 0 Å². The van der Waals surface area contributed by atoms with Crippen molar-refractivity contribution < 1.29 is 28.6 Å². The van der Waals surface area contributed by atoms with E-state index in [1.807, 2.05) is 12.2 Å². The van der Waals surface area contributed by atoms with Crippen LogP contribution in [0.2, 0.25) is 0 Å². The SMILES string of the molecule is CC/C=C\C/C=C\C/C=C\C/C=C\C/C=C\C/C=C\C/C=C\C/C=C\CCCCCCC(=O)OCC(COC(=O)CCCCCCC/C=C\CCCCC)OC(=O)CC/C=C\C/C=C\C/C=C\C/C=C\CC. The number of esters is 3. The molecule has 0 fully saturated rings. The van der Waals surface area contributed by atoms with E-state index in [1.54, 1.807) is 0 Å². The summed E-state index contributed by atoms with van der Waals surface area (Å²) in [5, 5.41) is 0. The van der Waals surface area contributed by atoms with Crippen LogP contribution in [0.15, 0.2) is 158 Å². The first kappa shape index (κ1) is 67.0. The molecule has 0 aromatic heterocycles. The molecule has 402 valence electrons. The molecule has 1 unspecified atom stereocenters. The average molecular weight is 992 g/mol. The maximum Gasteiger partial charge on any atom is 0.306 e. The zero-order valence-electron chi connectivity index (χ0n) is 45.9. The third-order valence-electron chi connectivity index (χ3n) is 11.3. The zero-order valence-corrected chi connectivity index (χ0v) is 45.9. The average Bonchev–Trinajstić information content (AvgIpc) is 3.38. The molecule has 0 aliphatic heterocycles. The van der Waals surface area contributed by atoms with Crippen LogP contribution in [-0.4, -0.2) is 37.2 Å². The van der Waals surface area contributed by atoms with Crippen molar-refractivity contribution >= 4 is 17.9 Å². The number of hydrogen-bond donors (Lipinski definition) is 0. The molecule has 0 N–H and O–H groups in total. The van der Waals surface area contributed by atoms with Crippen molar-refractivity contribution in [1.29, 1.82) is 0 Å². The molecule has 0 radical (unpaired) electrons. The molecule has 0 spiro atoms. The molecule has 6 nitrogen and oxygen atoms in total. The van der Waals surface area contributed by atoms with E-state index < -0.39 is 12.1 Å². The third kappa shape index (κ3) is 56.0. The first-order valence-corrected chi connectivity index (χ1v) is 28.5. The summed E-state index contributed by atoms with van der Waals surface area (Å²) in [6.45, 7) is 6.27. The molecule has 0 saturated carbocycles. The van der Waals surface area contributed by atoms with Crippen LogP contribution in [0.1, 0.15) is 220 Å². The fourth-order valence-electron chi connectivity index (χ4n) is 7.05. The summed E-state index contributed by atoms with van der Waals surface area (Å²) in [7, 11) is 0. The number of hydrogen-bond acceptors (Lipinski definition) is 6. The zero-order chi connectivity index (χ0) is 52.2. The standard InChI is InChI=1S/C66H102O6/c1-4-7-10-13-16-19-22-25-26-27-28-29-30-31-32-33-34-35-36-37-38-39-40-42-44-47-50-53-56-59-65(68)71-62-63(61-70-64(67)58-55-52-49-46-43-24-21-18-15-12-9-6-3)72-66(69)60-57-54-51-48-45-41-23-20-17-14-11-8-5-2/h7-8,10-11,16-21,25-26,28-29,31-32,34-35,37-38,40-42,45,51,54,63H,4-6,9,12-15,22-24,27,30,33,36,39,43-44,46-50,52-53,55-62H2,1-3H3/b10-7-,11-8-,19-16-,20-17-,21-18-,26-25-,29-28-,32-31-,35-34-,38-37-,42-40-,45-41-,54-51-. The van der Waals surface area contributed by atoms with Crippen LogP contribution < -0.4 is 0 Å². The van der Waals surface area contributed by atoms with Gasteiger partial charge in [-0.3, -0.25) is 14.4 Å². The lowest BCUT2D eigenvalue weighted by Crippen LogP contribution is -2.30. The lowest BCUT2D eigenvalue weighted by molar-refractivity contribution is -0.166. The number of allylic oxidation sites excluding steroid dienone is 26. The van der Waals surface area contributed by atoms with Crippen LogP contribution in [0.4, 0.5) is 0 Å². The predicted octanol–water partition coefficient (Wildman–Crippen LogP) is 19.4. The highest BCUT2D eigenvalue weighted by molar-refractivity contribution is 5.71. The van der Waals surface area contributed by atoms with Crippen molar-refractivity contribution in [1.82, 2.24) is 0 Å². The molecule has 0 aliphatic carbocycles. The second kappa shape index (κ2) is 58.6. The van der Waals surface area contributed by atoms with Crippen LogP contribution >= 0.6 is 0 Å². The van der Waals surface area contributed by atoms with Crippen molar-refractivity contribution in [3.63, 3.8) is 0 Å². The molecule has 0 saturated heterocycles. The predicted molar refractivity (Wildman–Crippen MR) is 311 cm³/mol. The van der Waals surface area contributed by atoms with Crippen LogP contribution in [0.3, 0.4) is 0 Å². The second-order valence-electron chi connectivity index (χ2n) is 18.1. The van der Waals surface area contributed by atoms with E-state index in [9.17, 15) is 14.4 Å².